The predicted octanol–water partition coefficient (Wildman–Crippen LogP) is 5.28. The van der Waals surface area contributed by atoms with Crippen molar-refractivity contribution in [3.8, 4) is 0 Å². The predicted molar refractivity (Wildman–Crippen MR) is 115 cm³/mol. The van der Waals surface area contributed by atoms with Gasteiger partial charge in [0.2, 0.25) is 0 Å². The molecule has 2 aromatic carbocycles. The van der Waals surface area contributed by atoms with Crippen LogP contribution in [-0.2, 0) is 12.1 Å². The van der Waals surface area contributed by atoms with E-state index < -0.39 is 5.66 Å². The molecule has 0 aliphatic carbocycles. The molecule has 0 radical (unpaired) electrons. The summed E-state index contributed by atoms with van der Waals surface area (Å²) in [5, 5.41) is 8.16. The number of unbranched alkanes of at least 4 members (excludes halogenated alkanes) is 6. The van der Waals surface area contributed by atoms with Gasteiger partial charge in [0.15, 0.2) is 5.66 Å². The zero-order valence-electron chi connectivity index (χ0n) is 16.9. The number of benzene rings is 2. The van der Waals surface area contributed by atoms with Gasteiger partial charge in [-0.15, -0.1) is 5.10 Å². The van der Waals surface area contributed by atoms with Crippen molar-refractivity contribution in [3.63, 3.8) is 0 Å². The molecule has 4 heteroatoms. The summed E-state index contributed by atoms with van der Waals surface area (Å²) < 4.78 is 1.73. The zero-order chi connectivity index (χ0) is 19.7. The Kier molecular flexibility index (Phi) is 7.38. The first-order valence-electron chi connectivity index (χ1n) is 10.6. The van der Waals surface area contributed by atoms with Gasteiger partial charge in [-0.1, -0.05) is 105 Å². The topological polar surface area (TPSA) is 56.7 Å². The minimum atomic E-state index is -0.866. The summed E-state index contributed by atoms with van der Waals surface area (Å²) in [6.45, 7) is 2.26. The van der Waals surface area contributed by atoms with Gasteiger partial charge in [-0.05, 0) is 29.5 Å². The van der Waals surface area contributed by atoms with Crippen molar-refractivity contribution >= 4 is 0 Å². The van der Waals surface area contributed by atoms with Gasteiger partial charge in [-0.3, -0.25) is 5.73 Å². The van der Waals surface area contributed by atoms with E-state index in [1.54, 1.807) is 10.9 Å². The van der Waals surface area contributed by atoms with Gasteiger partial charge in [-0.25, -0.2) is 4.68 Å². The van der Waals surface area contributed by atoms with E-state index in [0.717, 1.165) is 17.5 Å². The highest BCUT2D eigenvalue weighted by molar-refractivity contribution is 5.39. The molecule has 3 rings (SSSR count). The van der Waals surface area contributed by atoms with Crippen LogP contribution in [0.15, 0.2) is 67.0 Å². The molecule has 1 heterocycles. The first-order chi connectivity index (χ1) is 13.7. The van der Waals surface area contributed by atoms with Crippen LogP contribution in [0.25, 0.3) is 0 Å². The Bertz CT molecular complexity index is 796. The van der Waals surface area contributed by atoms with Gasteiger partial charge >= 0.3 is 0 Å². The third kappa shape index (κ3) is 4.87. The maximum absolute atomic E-state index is 6.90. The van der Waals surface area contributed by atoms with Gasteiger partial charge < -0.3 is 0 Å². The molecule has 0 bridgehead atoms. The molecule has 1 aromatic heterocycles. The fraction of sp³-hybridized carbons (Fsp3) is 0.417. The highest BCUT2D eigenvalue weighted by atomic mass is 15.5. The molecule has 0 aliphatic rings. The van der Waals surface area contributed by atoms with Gasteiger partial charge in [0.1, 0.15) is 0 Å². The third-order valence-corrected chi connectivity index (χ3v) is 5.46. The first kappa shape index (κ1) is 20.3. The van der Waals surface area contributed by atoms with Gasteiger partial charge in [0.05, 0.1) is 6.20 Å². The van der Waals surface area contributed by atoms with E-state index in [4.69, 9.17) is 5.73 Å². The van der Waals surface area contributed by atoms with Crippen LogP contribution in [0.4, 0.5) is 0 Å². The summed E-state index contributed by atoms with van der Waals surface area (Å²) in [6, 6.07) is 18.7. The number of nitrogens with two attached hydrogens (primary N) is 1. The summed E-state index contributed by atoms with van der Waals surface area (Å²) >= 11 is 0. The molecule has 4 nitrogen and oxygen atoms in total. The number of hydrogen-bond donors (Lipinski definition) is 1. The maximum Gasteiger partial charge on any atom is 0.163 e. The molecule has 2 N–H and O–H groups in total. The van der Waals surface area contributed by atoms with Crippen LogP contribution in [0.1, 0.15) is 68.6 Å². The highest BCUT2D eigenvalue weighted by Gasteiger charge is 2.32. The van der Waals surface area contributed by atoms with E-state index in [1.807, 2.05) is 36.5 Å². The van der Waals surface area contributed by atoms with Crippen molar-refractivity contribution in [1.29, 1.82) is 0 Å². The third-order valence-electron chi connectivity index (χ3n) is 5.46. The number of nitrogens with zero attached hydrogens (tertiary/aromatic N) is 3. The maximum atomic E-state index is 6.90. The van der Waals surface area contributed by atoms with Crippen LogP contribution in [0.2, 0.25) is 0 Å². The Hall–Kier alpha value is -2.46. The van der Waals surface area contributed by atoms with Crippen LogP contribution < -0.4 is 5.73 Å². The fourth-order valence-electron chi connectivity index (χ4n) is 3.73. The standard InChI is InChI=1S/C24H32N4/c1-2-3-4-5-6-7-9-12-21-15-17-23(18-16-21)24(25,28-20-19-26-27-28)22-13-10-8-11-14-22/h8,10-11,13-20H,2-7,9,12,25H2,1H3. The molecule has 28 heavy (non-hydrogen) atoms. The fourth-order valence-corrected chi connectivity index (χ4v) is 3.73. The second-order valence-electron chi connectivity index (χ2n) is 7.55. The molecular formula is C24H32N4. The molecule has 0 amide bonds. The number of aryl methyl sites for hydroxylation is 1. The Labute approximate surface area is 168 Å². The molecule has 0 saturated carbocycles. The van der Waals surface area contributed by atoms with Crippen LogP contribution >= 0.6 is 0 Å². The number of rotatable bonds is 11. The molecular weight excluding hydrogens is 344 g/mol. The average Bonchev–Trinajstić information content (AvgIpc) is 3.29. The van der Waals surface area contributed by atoms with E-state index in [9.17, 15) is 0 Å². The minimum absolute atomic E-state index is 0.866. The van der Waals surface area contributed by atoms with E-state index >= 15 is 0 Å². The Morgan fingerprint density at radius 1 is 0.821 bits per heavy atom. The van der Waals surface area contributed by atoms with Gasteiger partial charge in [-0.2, -0.15) is 0 Å². The lowest BCUT2D eigenvalue weighted by molar-refractivity contribution is 0.391. The smallest absolute Gasteiger partial charge is 0.163 e. The molecule has 0 aliphatic heterocycles. The molecule has 3 aromatic rings. The summed E-state index contributed by atoms with van der Waals surface area (Å²) in [6.07, 6.45) is 14.0. The SMILES string of the molecule is CCCCCCCCCc1ccc(C(N)(c2ccccc2)n2ccnn2)cc1. The lowest BCUT2D eigenvalue weighted by Gasteiger charge is -2.30. The molecule has 148 valence electrons. The summed E-state index contributed by atoms with van der Waals surface area (Å²) in [5.41, 5.74) is 9.39. The minimum Gasteiger partial charge on any atom is -0.299 e. The second-order valence-corrected chi connectivity index (χ2v) is 7.55. The van der Waals surface area contributed by atoms with Crippen LogP contribution in [-0.4, -0.2) is 15.0 Å². The Morgan fingerprint density at radius 3 is 2.11 bits per heavy atom. The largest absolute Gasteiger partial charge is 0.299 e. The summed E-state index contributed by atoms with van der Waals surface area (Å²) in [7, 11) is 0. The highest BCUT2D eigenvalue weighted by Crippen LogP contribution is 2.28. The van der Waals surface area contributed by atoms with Crippen molar-refractivity contribution in [1.82, 2.24) is 15.0 Å². The Morgan fingerprint density at radius 2 is 1.46 bits per heavy atom. The summed E-state index contributed by atoms with van der Waals surface area (Å²) in [5.74, 6) is 0. The Balaban J connectivity index is 1.67. The number of aromatic nitrogens is 3. The molecule has 0 saturated heterocycles. The van der Waals surface area contributed by atoms with Crippen molar-refractivity contribution in [2.75, 3.05) is 0 Å². The molecule has 1 atom stereocenters. The van der Waals surface area contributed by atoms with Crippen molar-refractivity contribution in [3.05, 3.63) is 83.7 Å². The van der Waals surface area contributed by atoms with E-state index in [0.29, 0.717) is 0 Å². The normalized spacial score (nSPS) is 13.4. The van der Waals surface area contributed by atoms with E-state index in [-0.39, 0.29) is 0 Å². The first-order valence-corrected chi connectivity index (χ1v) is 10.6. The molecule has 1 unspecified atom stereocenters. The van der Waals surface area contributed by atoms with Crippen molar-refractivity contribution in [2.45, 2.75) is 64.0 Å². The van der Waals surface area contributed by atoms with Crippen LogP contribution in [0.3, 0.4) is 0 Å². The second kappa shape index (κ2) is 10.2. The quantitative estimate of drug-likeness (QED) is 0.463. The summed E-state index contributed by atoms with van der Waals surface area (Å²) in [4.78, 5) is 0. The monoisotopic (exact) mass is 376 g/mol. The lowest BCUT2D eigenvalue weighted by atomic mass is 9.91. The van der Waals surface area contributed by atoms with Crippen LogP contribution in [0.5, 0.6) is 0 Å². The average molecular weight is 377 g/mol. The van der Waals surface area contributed by atoms with E-state index in [1.165, 1.54) is 50.5 Å². The van der Waals surface area contributed by atoms with Crippen molar-refractivity contribution in [2.24, 2.45) is 5.73 Å². The van der Waals surface area contributed by atoms with Crippen LogP contribution in [0, 0.1) is 0 Å². The molecule has 0 fully saturated rings. The van der Waals surface area contributed by atoms with Gasteiger partial charge in [0, 0.05) is 6.20 Å². The van der Waals surface area contributed by atoms with E-state index in [2.05, 4.69) is 41.5 Å². The zero-order valence-corrected chi connectivity index (χ0v) is 16.9. The van der Waals surface area contributed by atoms with Gasteiger partial charge in [0.25, 0.3) is 0 Å². The number of hydrogen-bond acceptors (Lipinski definition) is 3. The molecule has 0 spiro atoms. The van der Waals surface area contributed by atoms with Crippen molar-refractivity contribution < 1.29 is 0 Å². The lowest BCUT2D eigenvalue weighted by Crippen LogP contribution is -2.45.